The van der Waals surface area contributed by atoms with Gasteiger partial charge in [0.2, 0.25) is 0 Å². The highest BCUT2D eigenvalue weighted by Gasteiger charge is 2.18. The van der Waals surface area contributed by atoms with E-state index in [1.165, 1.54) is 0 Å². The molecule has 0 spiro atoms. The highest BCUT2D eigenvalue weighted by atomic mass is 16.4. The average Bonchev–Trinajstić information content (AvgIpc) is 2.40. The van der Waals surface area contributed by atoms with Gasteiger partial charge in [0.25, 0.3) is 0 Å². The number of hydrogen-bond donors (Lipinski definition) is 2. The number of hydrogen-bond acceptors (Lipinski definition) is 2. The molecule has 0 aliphatic heterocycles. The largest absolute Gasteiger partial charge is 0.481 e. The number of nitrogens with one attached hydrogen (secondary N) is 1. The third-order valence-corrected chi connectivity index (χ3v) is 3.71. The van der Waals surface area contributed by atoms with Crippen molar-refractivity contribution >= 4 is 12.0 Å². The van der Waals surface area contributed by atoms with Crippen molar-refractivity contribution in [2.75, 3.05) is 19.6 Å². The highest BCUT2D eigenvalue weighted by molar-refractivity contribution is 5.74. The van der Waals surface area contributed by atoms with Crippen molar-refractivity contribution in [3.8, 4) is 0 Å². The molecule has 0 aromatic carbocycles. The van der Waals surface area contributed by atoms with E-state index in [2.05, 4.69) is 33.0 Å². The molecule has 0 heterocycles. The van der Waals surface area contributed by atoms with E-state index in [0.717, 1.165) is 19.4 Å². The molecule has 2 unspecified atom stereocenters. The zero-order valence-electron chi connectivity index (χ0n) is 14.2. The van der Waals surface area contributed by atoms with Crippen LogP contribution in [0.3, 0.4) is 0 Å². The van der Waals surface area contributed by atoms with Crippen LogP contribution < -0.4 is 5.32 Å². The molecule has 2 atom stereocenters. The summed E-state index contributed by atoms with van der Waals surface area (Å²) in [5, 5.41) is 11.8. The van der Waals surface area contributed by atoms with E-state index in [1.54, 1.807) is 4.90 Å². The SMILES string of the molecule is CCC(C)CN(CC)C(=O)NCC(CC(=O)O)CC(C)C. The molecule has 5 heteroatoms. The predicted octanol–water partition coefficient (Wildman–Crippen LogP) is 3.20. The van der Waals surface area contributed by atoms with Gasteiger partial charge in [-0.2, -0.15) is 0 Å². The van der Waals surface area contributed by atoms with Gasteiger partial charge in [-0.3, -0.25) is 4.79 Å². The number of carboxylic acid groups (broad SMARTS) is 1. The van der Waals surface area contributed by atoms with E-state index in [0.29, 0.717) is 24.9 Å². The molecule has 0 radical (unpaired) electrons. The summed E-state index contributed by atoms with van der Waals surface area (Å²) < 4.78 is 0. The molecule has 0 fully saturated rings. The van der Waals surface area contributed by atoms with Gasteiger partial charge in [-0.25, -0.2) is 4.79 Å². The van der Waals surface area contributed by atoms with Crippen LogP contribution in [0.5, 0.6) is 0 Å². The molecule has 5 nitrogen and oxygen atoms in total. The first-order valence-corrected chi connectivity index (χ1v) is 8.04. The van der Waals surface area contributed by atoms with E-state index in [9.17, 15) is 9.59 Å². The van der Waals surface area contributed by atoms with E-state index in [-0.39, 0.29) is 18.4 Å². The van der Waals surface area contributed by atoms with Gasteiger partial charge < -0.3 is 15.3 Å². The van der Waals surface area contributed by atoms with Crippen LogP contribution in [0, 0.1) is 17.8 Å². The van der Waals surface area contributed by atoms with Crippen molar-refractivity contribution in [1.82, 2.24) is 10.2 Å². The summed E-state index contributed by atoms with van der Waals surface area (Å²) in [5.41, 5.74) is 0. The van der Waals surface area contributed by atoms with Gasteiger partial charge in [-0.1, -0.05) is 34.1 Å². The predicted molar refractivity (Wildman–Crippen MR) is 85.3 cm³/mol. The van der Waals surface area contributed by atoms with Crippen molar-refractivity contribution < 1.29 is 14.7 Å². The van der Waals surface area contributed by atoms with Crippen LogP contribution in [-0.2, 0) is 4.79 Å². The highest BCUT2D eigenvalue weighted by Crippen LogP contribution is 2.15. The van der Waals surface area contributed by atoms with E-state index in [1.807, 2.05) is 6.92 Å². The Morgan fingerprint density at radius 3 is 2.24 bits per heavy atom. The van der Waals surface area contributed by atoms with E-state index >= 15 is 0 Å². The summed E-state index contributed by atoms with van der Waals surface area (Å²) in [6.45, 7) is 12.2. The second-order valence-electron chi connectivity index (χ2n) is 6.33. The fraction of sp³-hybridized carbons (Fsp3) is 0.875. The Balaban J connectivity index is 4.40. The molecule has 2 N–H and O–H groups in total. The van der Waals surface area contributed by atoms with E-state index < -0.39 is 5.97 Å². The Bertz CT molecular complexity index is 319. The normalized spacial score (nSPS) is 13.8. The Hall–Kier alpha value is -1.26. The van der Waals surface area contributed by atoms with Crippen LogP contribution >= 0.6 is 0 Å². The first-order valence-electron chi connectivity index (χ1n) is 8.04. The van der Waals surface area contributed by atoms with Gasteiger partial charge in [0.1, 0.15) is 0 Å². The molecule has 124 valence electrons. The van der Waals surface area contributed by atoms with Crippen LogP contribution in [0.1, 0.15) is 53.9 Å². The van der Waals surface area contributed by atoms with Crippen LogP contribution in [0.2, 0.25) is 0 Å². The lowest BCUT2D eigenvalue weighted by Crippen LogP contribution is -2.43. The van der Waals surface area contributed by atoms with Gasteiger partial charge in [-0.05, 0) is 31.1 Å². The quantitative estimate of drug-likeness (QED) is 0.651. The maximum Gasteiger partial charge on any atom is 0.317 e. The lowest BCUT2D eigenvalue weighted by atomic mass is 9.94. The Morgan fingerprint density at radius 1 is 1.19 bits per heavy atom. The molecule has 21 heavy (non-hydrogen) atoms. The summed E-state index contributed by atoms with van der Waals surface area (Å²) >= 11 is 0. The number of aliphatic carboxylic acids is 1. The summed E-state index contributed by atoms with van der Waals surface area (Å²) in [4.78, 5) is 24.8. The molecule has 0 aliphatic rings. The molecule has 0 saturated heterocycles. The first-order chi connectivity index (χ1) is 9.79. The minimum absolute atomic E-state index is 0.00578. The third kappa shape index (κ3) is 9.32. The van der Waals surface area contributed by atoms with Gasteiger partial charge in [0.15, 0.2) is 0 Å². The topological polar surface area (TPSA) is 69.6 Å². The fourth-order valence-electron chi connectivity index (χ4n) is 2.36. The number of urea groups is 1. The lowest BCUT2D eigenvalue weighted by molar-refractivity contribution is -0.138. The monoisotopic (exact) mass is 300 g/mol. The molecule has 0 saturated carbocycles. The smallest absolute Gasteiger partial charge is 0.317 e. The van der Waals surface area contributed by atoms with Crippen LogP contribution in [0.15, 0.2) is 0 Å². The summed E-state index contributed by atoms with van der Waals surface area (Å²) in [6.07, 6.45) is 1.96. The minimum Gasteiger partial charge on any atom is -0.481 e. The van der Waals surface area contributed by atoms with Gasteiger partial charge in [0, 0.05) is 26.1 Å². The second kappa shape index (κ2) is 10.5. The fourth-order valence-corrected chi connectivity index (χ4v) is 2.36. The zero-order valence-corrected chi connectivity index (χ0v) is 14.2. The van der Waals surface area contributed by atoms with Crippen molar-refractivity contribution in [1.29, 1.82) is 0 Å². The Morgan fingerprint density at radius 2 is 1.81 bits per heavy atom. The first kappa shape index (κ1) is 19.7. The molecule has 2 amide bonds. The van der Waals surface area contributed by atoms with Crippen molar-refractivity contribution in [2.45, 2.75) is 53.9 Å². The summed E-state index contributed by atoms with van der Waals surface area (Å²) in [6, 6.07) is -0.0862. The summed E-state index contributed by atoms with van der Waals surface area (Å²) in [7, 11) is 0. The maximum atomic E-state index is 12.2. The maximum absolute atomic E-state index is 12.2. The molecular weight excluding hydrogens is 268 g/mol. The lowest BCUT2D eigenvalue weighted by Gasteiger charge is -2.26. The number of carboxylic acids is 1. The number of amides is 2. The van der Waals surface area contributed by atoms with Crippen LogP contribution in [0.4, 0.5) is 4.79 Å². The number of carbonyl (C=O) groups excluding carboxylic acids is 1. The van der Waals surface area contributed by atoms with Gasteiger partial charge >= 0.3 is 12.0 Å². The number of carbonyl (C=O) groups is 2. The zero-order chi connectivity index (χ0) is 16.4. The Kier molecular flexibility index (Phi) is 9.84. The molecule has 0 aromatic rings. The molecule has 0 bridgehead atoms. The molecule has 0 aromatic heterocycles. The van der Waals surface area contributed by atoms with Crippen LogP contribution in [0.25, 0.3) is 0 Å². The molecule has 0 aliphatic carbocycles. The second-order valence-corrected chi connectivity index (χ2v) is 6.33. The Labute approximate surface area is 129 Å². The third-order valence-electron chi connectivity index (χ3n) is 3.71. The van der Waals surface area contributed by atoms with Crippen molar-refractivity contribution in [2.24, 2.45) is 17.8 Å². The number of nitrogens with zero attached hydrogens (tertiary/aromatic N) is 1. The van der Waals surface area contributed by atoms with Crippen molar-refractivity contribution in [3.63, 3.8) is 0 Å². The molecule has 0 rings (SSSR count). The molecular formula is C16H32N2O3. The summed E-state index contributed by atoms with van der Waals surface area (Å²) in [5.74, 6) is 0.0884. The average molecular weight is 300 g/mol. The number of rotatable bonds is 10. The van der Waals surface area contributed by atoms with Crippen molar-refractivity contribution in [3.05, 3.63) is 0 Å². The minimum atomic E-state index is -0.804. The van der Waals surface area contributed by atoms with Gasteiger partial charge in [-0.15, -0.1) is 0 Å². The van der Waals surface area contributed by atoms with Gasteiger partial charge in [0.05, 0.1) is 0 Å². The van der Waals surface area contributed by atoms with E-state index in [4.69, 9.17) is 5.11 Å². The van der Waals surface area contributed by atoms with Crippen LogP contribution in [-0.4, -0.2) is 41.6 Å². The standard InChI is InChI=1S/C16H32N2O3/c1-6-13(5)11-18(7-2)16(21)17-10-14(8-12(3)4)9-15(19)20/h12-14H,6-11H2,1-5H3,(H,17,21)(H,19,20).